The number of carbonyl (C=O) groups is 2. The third kappa shape index (κ3) is 5.32. The fraction of sp³-hybridized carbons (Fsp3) is 0.333. The summed E-state index contributed by atoms with van der Waals surface area (Å²) in [5.41, 5.74) is 2.47. The van der Waals surface area contributed by atoms with Gasteiger partial charge in [0.05, 0.1) is 34.5 Å². The fourth-order valence-corrected chi connectivity index (χ4v) is 5.57. The number of piperidine rings is 1. The second kappa shape index (κ2) is 11.0. The van der Waals surface area contributed by atoms with E-state index in [1.165, 1.54) is 4.90 Å². The topological polar surface area (TPSA) is 123 Å². The van der Waals surface area contributed by atoms with Crippen molar-refractivity contribution in [3.8, 4) is 17.1 Å². The Balaban J connectivity index is 1.21. The van der Waals surface area contributed by atoms with Crippen molar-refractivity contribution in [1.29, 1.82) is 0 Å². The summed E-state index contributed by atoms with van der Waals surface area (Å²) in [5.74, 6) is 0.665. The number of imide groups is 1. The first-order chi connectivity index (χ1) is 19.8. The number of aromatic amines is 2. The average molecular weight is 575 g/mol. The van der Waals surface area contributed by atoms with Gasteiger partial charge in [0, 0.05) is 29.7 Å². The molecule has 1 fully saturated rings. The second-order valence-electron chi connectivity index (χ2n) is 10.9. The maximum Gasteiger partial charge on any atom is 0.261 e. The molecule has 1 unspecified atom stereocenters. The summed E-state index contributed by atoms with van der Waals surface area (Å²) >= 11 is 5.94. The lowest BCUT2D eigenvalue weighted by molar-refractivity contribution is 0.0516. The number of halogens is 1. The third-order valence-electron chi connectivity index (χ3n) is 7.76. The summed E-state index contributed by atoms with van der Waals surface area (Å²) in [6.07, 6.45) is 3.11. The first-order valence-corrected chi connectivity index (χ1v) is 14.1. The predicted molar refractivity (Wildman–Crippen MR) is 158 cm³/mol. The van der Waals surface area contributed by atoms with Gasteiger partial charge in [-0.2, -0.15) is 0 Å². The van der Waals surface area contributed by atoms with E-state index < -0.39 is 0 Å². The highest BCUT2D eigenvalue weighted by molar-refractivity contribution is 6.30. The van der Waals surface area contributed by atoms with Gasteiger partial charge >= 0.3 is 0 Å². The molecule has 2 aromatic carbocycles. The SMILES string of the molecule is CC(CNc1cc[nH]c(=O)c1-c1nc2cc3c(cc2[nH]1)C(=O)N(C1CCN(C)CC1)C3=O)COc1ccc(Cl)cc1. The van der Waals surface area contributed by atoms with Crippen molar-refractivity contribution in [1.82, 2.24) is 24.8 Å². The van der Waals surface area contributed by atoms with Crippen LogP contribution < -0.4 is 15.6 Å². The maximum absolute atomic E-state index is 13.3. The normalized spacial score (nSPS) is 16.8. The Bertz CT molecular complexity index is 1620. The van der Waals surface area contributed by atoms with Crippen LogP contribution in [0.4, 0.5) is 5.69 Å². The number of anilines is 1. The van der Waals surface area contributed by atoms with Crippen LogP contribution in [0.15, 0.2) is 53.5 Å². The lowest BCUT2D eigenvalue weighted by Gasteiger charge is -2.33. The van der Waals surface area contributed by atoms with Gasteiger partial charge in [-0.15, -0.1) is 0 Å². The van der Waals surface area contributed by atoms with Gasteiger partial charge in [0.1, 0.15) is 17.1 Å². The van der Waals surface area contributed by atoms with Crippen LogP contribution in [0.5, 0.6) is 5.75 Å². The molecule has 0 aliphatic carbocycles. The van der Waals surface area contributed by atoms with Gasteiger partial charge < -0.3 is 24.9 Å². The summed E-state index contributed by atoms with van der Waals surface area (Å²) in [6.45, 7) is 4.76. The molecule has 2 aliphatic heterocycles. The number of fused-ring (bicyclic) bond motifs is 2. The monoisotopic (exact) mass is 574 g/mol. The zero-order valence-corrected chi connectivity index (χ0v) is 23.6. The molecule has 10 nitrogen and oxygen atoms in total. The molecule has 2 amide bonds. The number of pyridine rings is 1. The van der Waals surface area contributed by atoms with Crippen LogP contribution in [0.1, 0.15) is 40.5 Å². The number of aromatic nitrogens is 3. The van der Waals surface area contributed by atoms with Crippen molar-refractivity contribution in [2.75, 3.05) is 38.6 Å². The number of hydrogen-bond acceptors (Lipinski definition) is 7. The molecule has 212 valence electrons. The summed E-state index contributed by atoms with van der Waals surface area (Å²) in [4.78, 5) is 53.7. The average Bonchev–Trinajstić information content (AvgIpc) is 3.48. The number of amides is 2. The molecule has 6 rings (SSSR count). The standard InChI is InChI=1S/C30H31ClN6O4/c1-17(16-41-20-5-3-18(31)4-6-20)15-33-23-7-10-32-28(38)26(23)27-34-24-13-21-22(14-25(24)35-27)30(40)37(29(21)39)19-8-11-36(2)12-9-19/h3-7,10,13-14,17,19H,8-9,11-12,15-16H2,1-2H3,(H,34,35)(H2,32,33,38). The van der Waals surface area contributed by atoms with Crippen LogP contribution in [0.3, 0.4) is 0 Å². The Morgan fingerprint density at radius 2 is 1.78 bits per heavy atom. The third-order valence-corrected chi connectivity index (χ3v) is 8.01. The fourth-order valence-electron chi connectivity index (χ4n) is 5.44. The largest absolute Gasteiger partial charge is 0.493 e. The number of nitrogens with one attached hydrogen (secondary N) is 3. The van der Waals surface area contributed by atoms with E-state index >= 15 is 0 Å². The summed E-state index contributed by atoms with van der Waals surface area (Å²) < 4.78 is 5.85. The van der Waals surface area contributed by atoms with Crippen LogP contribution in [0.25, 0.3) is 22.4 Å². The molecular formula is C30H31ClN6O4. The summed E-state index contributed by atoms with van der Waals surface area (Å²) in [7, 11) is 2.04. The molecule has 0 saturated carbocycles. The molecule has 4 heterocycles. The summed E-state index contributed by atoms with van der Waals surface area (Å²) in [6, 6.07) is 12.2. The van der Waals surface area contributed by atoms with Crippen LogP contribution in [-0.4, -0.2) is 75.9 Å². The molecule has 4 aromatic rings. The van der Waals surface area contributed by atoms with E-state index in [1.807, 2.05) is 26.1 Å². The van der Waals surface area contributed by atoms with Crippen LogP contribution >= 0.6 is 11.6 Å². The lowest BCUT2D eigenvalue weighted by atomic mass is 10.0. The van der Waals surface area contributed by atoms with Gasteiger partial charge in [-0.05, 0) is 75.4 Å². The summed E-state index contributed by atoms with van der Waals surface area (Å²) in [5, 5.41) is 4.00. The molecular weight excluding hydrogens is 544 g/mol. The van der Waals surface area contributed by atoms with Crippen LogP contribution in [0.2, 0.25) is 5.02 Å². The number of ether oxygens (including phenoxy) is 1. The maximum atomic E-state index is 13.3. The van der Waals surface area contributed by atoms with E-state index in [9.17, 15) is 14.4 Å². The molecule has 11 heteroatoms. The van der Waals surface area contributed by atoms with Crippen molar-refractivity contribution in [3.63, 3.8) is 0 Å². The van der Waals surface area contributed by atoms with Crippen LogP contribution in [0, 0.1) is 5.92 Å². The molecule has 1 atom stereocenters. The van der Waals surface area contributed by atoms with E-state index in [0.29, 0.717) is 57.4 Å². The van der Waals surface area contributed by atoms with Gasteiger partial charge in [-0.1, -0.05) is 18.5 Å². The number of H-pyrrole nitrogens is 2. The van der Waals surface area contributed by atoms with Gasteiger partial charge in [-0.25, -0.2) is 4.98 Å². The Labute approximate surface area is 241 Å². The van der Waals surface area contributed by atoms with Crippen molar-refractivity contribution in [2.45, 2.75) is 25.8 Å². The highest BCUT2D eigenvalue weighted by atomic mass is 35.5. The van der Waals surface area contributed by atoms with E-state index in [2.05, 4.69) is 25.2 Å². The first kappa shape index (κ1) is 27.0. The number of carbonyl (C=O) groups excluding carboxylic acids is 2. The van der Waals surface area contributed by atoms with E-state index in [0.717, 1.165) is 31.7 Å². The van der Waals surface area contributed by atoms with Crippen molar-refractivity contribution in [3.05, 3.63) is 75.2 Å². The second-order valence-corrected chi connectivity index (χ2v) is 11.3. The predicted octanol–water partition coefficient (Wildman–Crippen LogP) is 4.39. The molecule has 1 saturated heterocycles. The number of nitrogens with zero attached hydrogens (tertiary/aromatic N) is 3. The molecule has 0 radical (unpaired) electrons. The molecule has 3 N–H and O–H groups in total. The van der Waals surface area contributed by atoms with E-state index in [1.54, 1.807) is 36.5 Å². The Hall–Kier alpha value is -4.15. The minimum Gasteiger partial charge on any atom is -0.493 e. The van der Waals surface area contributed by atoms with E-state index in [4.69, 9.17) is 16.3 Å². The Morgan fingerprint density at radius 1 is 1.07 bits per heavy atom. The van der Waals surface area contributed by atoms with Crippen molar-refractivity contribution >= 4 is 40.1 Å². The molecule has 0 bridgehead atoms. The zero-order chi connectivity index (χ0) is 28.7. The highest BCUT2D eigenvalue weighted by Crippen LogP contribution is 2.32. The lowest BCUT2D eigenvalue weighted by Crippen LogP contribution is -2.46. The molecule has 41 heavy (non-hydrogen) atoms. The zero-order valence-electron chi connectivity index (χ0n) is 22.9. The number of hydrogen-bond donors (Lipinski definition) is 3. The molecule has 2 aromatic heterocycles. The van der Waals surface area contributed by atoms with Crippen molar-refractivity contribution in [2.24, 2.45) is 5.92 Å². The Morgan fingerprint density at radius 3 is 2.51 bits per heavy atom. The highest BCUT2D eigenvalue weighted by Gasteiger charge is 2.41. The van der Waals surface area contributed by atoms with Gasteiger partial charge in [0.2, 0.25) is 0 Å². The number of likely N-dealkylation sites (tertiary alicyclic amines) is 1. The quantitative estimate of drug-likeness (QED) is 0.267. The van der Waals surface area contributed by atoms with Crippen LogP contribution in [-0.2, 0) is 0 Å². The van der Waals surface area contributed by atoms with E-state index in [-0.39, 0.29) is 29.3 Å². The minimum atomic E-state index is -0.313. The smallest absolute Gasteiger partial charge is 0.261 e. The van der Waals surface area contributed by atoms with Gasteiger partial charge in [0.25, 0.3) is 17.4 Å². The molecule has 0 spiro atoms. The number of rotatable bonds is 8. The number of imidazole rings is 1. The number of benzene rings is 2. The first-order valence-electron chi connectivity index (χ1n) is 13.7. The van der Waals surface area contributed by atoms with Crippen molar-refractivity contribution < 1.29 is 14.3 Å². The van der Waals surface area contributed by atoms with Gasteiger partial charge in [-0.3, -0.25) is 19.3 Å². The Kier molecular flexibility index (Phi) is 7.27. The molecule has 2 aliphatic rings. The minimum absolute atomic E-state index is 0.101. The van der Waals surface area contributed by atoms with Gasteiger partial charge in [0.15, 0.2) is 0 Å².